The fourth-order valence-electron chi connectivity index (χ4n) is 6.17. The number of carbonyl (C=O) groups is 2. The van der Waals surface area contributed by atoms with E-state index in [2.05, 4.69) is 79.9 Å². The van der Waals surface area contributed by atoms with E-state index in [1.54, 1.807) is 7.05 Å². The number of phosphoric acid groups is 1. The first-order chi connectivity index (χ1) is 28.3. The summed E-state index contributed by atoms with van der Waals surface area (Å²) in [6.07, 6.45) is 51.2. The highest BCUT2D eigenvalue weighted by Crippen LogP contribution is 2.43. The molecule has 0 fully saturated rings. The molecule has 0 aromatic carbocycles. The molecule has 0 spiro atoms. The van der Waals surface area contributed by atoms with Crippen molar-refractivity contribution in [2.24, 2.45) is 0 Å². The Morgan fingerprint density at radius 1 is 0.552 bits per heavy atom. The molecule has 0 aromatic rings. The first kappa shape index (κ1) is 55.7. The summed E-state index contributed by atoms with van der Waals surface area (Å²) < 4.78 is 33.2. The van der Waals surface area contributed by atoms with Gasteiger partial charge in [0.15, 0.2) is 6.10 Å². The number of esters is 2. The van der Waals surface area contributed by atoms with Crippen molar-refractivity contribution in [3.63, 3.8) is 0 Å². The van der Waals surface area contributed by atoms with Gasteiger partial charge in [0.05, 0.1) is 13.2 Å². The molecule has 2 atom stereocenters. The van der Waals surface area contributed by atoms with Gasteiger partial charge in [0, 0.05) is 19.4 Å². The number of unbranched alkanes of at least 4 members (excludes halogenated alkanes) is 19. The average molecular weight is 836 g/mol. The lowest BCUT2D eigenvalue weighted by molar-refractivity contribution is -0.161. The number of likely N-dealkylation sites (N-methyl/N-ethyl adjacent to an activating group) is 1. The minimum atomic E-state index is -4.36. The zero-order valence-electron chi connectivity index (χ0n) is 37.2. The van der Waals surface area contributed by atoms with Crippen LogP contribution in [0.1, 0.15) is 194 Å². The smallest absolute Gasteiger partial charge is 0.462 e. The topological polar surface area (TPSA) is 120 Å². The molecule has 9 nitrogen and oxygen atoms in total. The van der Waals surface area contributed by atoms with Gasteiger partial charge in [-0.3, -0.25) is 18.6 Å². The SMILES string of the molecule is CC/C=C\C/C=C\C/C=C\C/C=C\C/C=C\CCCCCC(=O)OCC(COP(=O)(O)OCCNC)OC(=O)CCCCCCCCCCCCCCCCCCC. The van der Waals surface area contributed by atoms with Crippen molar-refractivity contribution in [2.75, 3.05) is 33.4 Å². The number of carbonyl (C=O) groups excluding carboxylic acids is 2. The molecule has 0 aliphatic carbocycles. The van der Waals surface area contributed by atoms with E-state index in [1.807, 2.05) is 0 Å². The van der Waals surface area contributed by atoms with Gasteiger partial charge in [-0.1, -0.05) is 184 Å². The standard InChI is InChI=1S/C48H86NO8P/c1-4-6-8-10-12-14-16-18-20-22-23-25-26-28-30-32-34-36-38-40-47(50)54-44-46(45-56-58(52,53)55-43-42-49-3)57-48(51)41-39-37-35-33-31-29-27-24-21-19-17-15-13-11-9-7-5-2/h6,8,12,14,18,20,23,25,28,30,46,49H,4-5,7,9-11,13,15-17,19,21-22,24,26-27,29,31-45H2,1-3H3,(H,52,53)/b8-6-,14-12-,20-18-,25-23-,30-28-. The third kappa shape index (κ3) is 43.3. The van der Waals surface area contributed by atoms with Gasteiger partial charge >= 0.3 is 19.8 Å². The molecular formula is C48H86NO8P. The van der Waals surface area contributed by atoms with Crippen LogP contribution in [0.4, 0.5) is 0 Å². The highest BCUT2D eigenvalue weighted by Gasteiger charge is 2.26. The van der Waals surface area contributed by atoms with Crippen LogP contribution in [0.5, 0.6) is 0 Å². The van der Waals surface area contributed by atoms with Crippen LogP contribution in [0.2, 0.25) is 0 Å². The van der Waals surface area contributed by atoms with Crippen LogP contribution in [-0.2, 0) is 32.7 Å². The van der Waals surface area contributed by atoms with Gasteiger partial charge in [0.25, 0.3) is 0 Å². The van der Waals surface area contributed by atoms with E-state index in [4.69, 9.17) is 18.5 Å². The van der Waals surface area contributed by atoms with Gasteiger partial charge in [-0.15, -0.1) is 0 Å². The van der Waals surface area contributed by atoms with Crippen molar-refractivity contribution in [3.05, 3.63) is 60.8 Å². The second-order valence-electron chi connectivity index (χ2n) is 15.2. The van der Waals surface area contributed by atoms with Crippen LogP contribution in [0.3, 0.4) is 0 Å². The van der Waals surface area contributed by atoms with Gasteiger partial charge in [-0.25, -0.2) is 4.57 Å². The largest absolute Gasteiger partial charge is 0.472 e. The van der Waals surface area contributed by atoms with E-state index in [0.29, 0.717) is 19.4 Å². The Bertz CT molecular complexity index is 1130. The normalized spacial score (nSPS) is 13.8. The Labute approximate surface area is 355 Å². The first-order valence-electron chi connectivity index (χ1n) is 23.2. The Hall–Kier alpha value is -2.29. The lowest BCUT2D eigenvalue weighted by Crippen LogP contribution is -2.29. The predicted octanol–water partition coefficient (Wildman–Crippen LogP) is 13.5. The molecular weight excluding hydrogens is 750 g/mol. The summed E-state index contributed by atoms with van der Waals surface area (Å²) in [4.78, 5) is 35.1. The van der Waals surface area contributed by atoms with E-state index in [9.17, 15) is 19.0 Å². The molecule has 336 valence electrons. The van der Waals surface area contributed by atoms with Crippen molar-refractivity contribution < 1.29 is 37.6 Å². The van der Waals surface area contributed by atoms with Crippen molar-refractivity contribution in [1.29, 1.82) is 0 Å². The third-order valence-corrected chi connectivity index (χ3v) is 10.6. The van der Waals surface area contributed by atoms with Gasteiger partial charge in [-0.2, -0.15) is 0 Å². The van der Waals surface area contributed by atoms with Gasteiger partial charge in [-0.05, 0) is 64.8 Å². The molecule has 2 unspecified atom stereocenters. The summed E-state index contributed by atoms with van der Waals surface area (Å²) in [5.41, 5.74) is 0. The number of hydrogen-bond donors (Lipinski definition) is 2. The predicted molar refractivity (Wildman–Crippen MR) is 243 cm³/mol. The Morgan fingerprint density at radius 2 is 0.983 bits per heavy atom. The first-order valence-corrected chi connectivity index (χ1v) is 24.7. The quantitative estimate of drug-likeness (QED) is 0.0268. The second kappa shape index (κ2) is 44.3. The molecule has 58 heavy (non-hydrogen) atoms. The van der Waals surface area contributed by atoms with Crippen molar-refractivity contribution in [2.45, 2.75) is 200 Å². The summed E-state index contributed by atoms with van der Waals surface area (Å²) in [6.45, 7) is 4.09. The molecule has 0 radical (unpaired) electrons. The maximum Gasteiger partial charge on any atom is 0.472 e. The molecule has 0 rings (SSSR count). The molecule has 10 heteroatoms. The fraction of sp³-hybridized carbons (Fsp3) is 0.750. The summed E-state index contributed by atoms with van der Waals surface area (Å²) in [5.74, 6) is -0.842. The molecule has 0 amide bonds. The van der Waals surface area contributed by atoms with Crippen LogP contribution in [-0.4, -0.2) is 56.3 Å². The number of hydrogen-bond acceptors (Lipinski definition) is 8. The van der Waals surface area contributed by atoms with Crippen LogP contribution in [0.25, 0.3) is 0 Å². The zero-order chi connectivity index (χ0) is 42.5. The van der Waals surface area contributed by atoms with Crippen LogP contribution in [0.15, 0.2) is 60.8 Å². The van der Waals surface area contributed by atoms with Crippen LogP contribution < -0.4 is 5.32 Å². The number of allylic oxidation sites excluding steroid dienone is 10. The van der Waals surface area contributed by atoms with Crippen LogP contribution in [0, 0.1) is 0 Å². The van der Waals surface area contributed by atoms with Crippen LogP contribution >= 0.6 is 7.82 Å². The fourth-order valence-corrected chi connectivity index (χ4v) is 6.92. The maximum atomic E-state index is 12.6. The van der Waals surface area contributed by atoms with E-state index >= 15 is 0 Å². The highest BCUT2D eigenvalue weighted by molar-refractivity contribution is 7.47. The molecule has 0 bridgehead atoms. The number of phosphoric ester groups is 1. The lowest BCUT2D eigenvalue weighted by atomic mass is 10.0. The minimum Gasteiger partial charge on any atom is -0.462 e. The lowest BCUT2D eigenvalue weighted by Gasteiger charge is -2.20. The maximum absolute atomic E-state index is 12.6. The van der Waals surface area contributed by atoms with Crippen molar-refractivity contribution >= 4 is 19.8 Å². The average Bonchev–Trinajstić information content (AvgIpc) is 3.21. The summed E-state index contributed by atoms with van der Waals surface area (Å²) in [6, 6.07) is 0. The molecule has 0 heterocycles. The molecule has 0 aliphatic heterocycles. The highest BCUT2D eigenvalue weighted by atomic mass is 31.2. The van der Waals surface area contributed by atoms with E-state index in [-0.39, 0.29) is 26.1 Å². The number of rotatable bonds is 43. The van der Waals surface area contributed by atoms with Crippen molar-refractivity contribution in [1.82, 2.24) is 5.32 Å². The Morgan fingerprint density at radius 3 is 1.47 bits per heavy atom. The summed E-state index contributed by atoms with van der Waals surface area (Å²) >= 11 is 0. The summed E-state index contributed by atoms with van der Waals surface area (Å²) in [5, 5.41) is 2.82. The van der Waals surface area contributed by atoms with E-state index in [0.717, 1.165) is 64.2 Å². The molecule has 0 aromatic heterocycles. The zero-order valence-corrected chi connectivity index (χ0v) is 38.1. The number of ether oxygens (including phenoxy) is 2. The van der Waals surface area contributed by atoms with Gasteiger partial charge < -0.3 is 19.7 Å². The van der Waals surface area contributed by atoms with Crippen molar-refractivity contribution in [3.8, 4) is 0 Å². The van der Waals surface area contributed by atoms with E-state index in [1.165, 1.54) is 89.9 Å². The monoisotopic (exact) mass is 836 g/mol. The van der Waals surface area contributed by atoms with Gasteiger partial charge in [0.1, 0.15) is 6.61 Å². The van der Waals surface area contributed by atoms with Gasteiger partial charge in [0.2, 0.25) is 0 Å². The molecule has 2 N–H and O–H groups in total. The molecule has 0 aliphatic rings. The molecule has 0 saturated carbocycles. The summed E-state index contributed by atoms with van der Waals surface area (Å²) in [7, 11) is -2.66. The Kier molecular flexibility index (Phi) is 42.5. The third-order valence-electron chi connectivity index (χ3n) is 9.65. The van der Waals surface area contributed by atoms with E-state index < -0.39 is 32.5 Å². The minimum absolute atomic E-state index is 0.0237. The Balaban J connectivity index is 4.24. The molecule has 0 saturated heterocycles. The number of nitrogens with one attached hydrogen (secondary N) is 1. The second-order valence-corrected chi connectivity index (χ2v) is 16.7.